The fraction of sp³-hybridized carbons (Fsp3) is 0.125. The van der Waals surface area contributed by atoms with Gasteiger partial charge >= 0.3 is 0 Å². The molecule has 0 radical (unpaired) electrons. The summed E-state index contributed by atoms with van der Waals surface area (Å²) in [5.41, 5.74) is 0.523. The molecule has 3 nitrogen and oxygen atoms in total. The van der Waals surface area contributed by atoms with Gasteiger partial charge in [-0.25, -0.2) is 0 Å². The minimum Gasteiger partial charge on any atom is -0.457 e. The van der Waals surface area contributed by atoms with Gasteiger partial charge in [-0.15, -0.1) is 0 Å². The smallest absolute Gasteiger partial charge is 0.179 e. The van der Waals surface area contributed by atoms with Crippen molar-refractivity contribution in [3.63, 3.8) is 0 Å². The van der Waals surface area contributed by atoms with E-state index in [1.165, 1.54) is 0 Å². The van der Waals surface area contributed by atoms with Crippen LogP contribution in [0.25, 0.3) is 0 Å². The van der Waals surface area contributed by atoms with E-state index in [9.17, 15) is 4.79 Å². The maximum atomic E-state index is 11.8. The van der Waals surface area contributed by atoms with Gasteiger partial charge in [-0.05, 0) is 43.3 Å². The highest BCUT2D eigenvalue weighted by Gasteiger charge is 2.13. The number of nitrogens with zero attached hydrogens (tertiary/aromatic N) is 1. The Labute approximate surface area is 112 Å². The van der Waals surface area contributed by atoms with Crippen LogP contribution in [0.2, 0.25) is 0 Å². The molecule has 0 aliphatic heterocycles. The Bertz CT molecular complexity index is 597. The summed E-state index contributed by atoms with van der Waals surface area (Å²) in [5.74, 6) is 0.606. The molecule has 1 atom stereocenters. The number of carbonyl (C=O) groups is 1. The molecule has 0 fully saturated rings. The van der Waals surface area contributed by atoms with Gasteiger partial charge in [0.25, 0.3) is 0 Å². The molecule has 1 unspecified atom stereocenters. The van der Waals surface area contributed by atoms with Crippen LogP contribution in [-0.2, 0) is 0 Å². The van der Waals surface area contributed by atoms with Gasteiger partial charge in [0.05, 0.1) is 6.07 Å². The first-order valence-electron chi connectivity index (χ1n) is 5.97. The zero-order chi connectivity index (χ0) is 13.7. The molecule has 0 saturated carbocycles. The van der Waals surface area contributed by atoms with E-state index in [2.05, 4.69) is 0 Å². The van der Waals surface area contributed by atoms with Crippen molar-refractivity contribution in [1.82, 2.24) is 0 Å². The summed E-state index contributed by atoms with van der Waals surface area (Å²) in [6.45, 7) is 1.59. The SMILES string of the molecule is CC(C#N)C(=O)c1ccc(Oc2ccccc2)cc1. The third kappa shape index (κ3) is 3.20. The summed E-state index contributed by atoms with van der Waals surface area (Å²) in [7, 11) is 0. The van der Waals surface area contributed by atoms with Crippen LogP contribution in [-0.4, -0.2) is 5.78 Å². The number of para-hydroxylation sites is 1. The molecule has 0 saturated heterocycles. The number of carbonyl (C=O) groups excluding carboxylic acids is 1. The molecule has 0 spiro atoms. The first-order valence-corrected chi connectivity index (χ1v) is 5.97. The Morgan fingerprint density at radius 3 is 2.21 bits per heavy atom. The van der Waals surface area contributed by atoms with E-state index in [0.717, 1.165) is 5.75 Å². The average molecular weight is 251 g/mol. The van der Waals surface area contributed by atoms with Crippen molar-refractivity contribution in [3.05, 3.63) is 60.2 Å². The standard InChI is InChI=1S/C16H13NO2/c1-12(11-17)16(18)13-7-9-15(10-8-13)19-14-5-3-2-4-6-14/h2-10,12H,1H3. The molecule has 2 aromatic carbocycles. The van der Waals surface area contributed by atoms with Crippen LogP contribution in [0.4, 0.5) is 0 Å². The average Bonchev–Trinajstić information content (AvgIpc) is 2.47. The molecule has 3 heteroatoms. The predicted molar refractivity (Wildman–Crippen MR) is 72.1 cm³/mol. The number of hydrogen-bond acceptors (Lipinski definition) is 3. The monoisotopic (exact) mass is 251 g/mol. The molecule has 19 heavy (non-hydrogen) atoms. The van der Waals surface area contributed by atoms with Gasteiger partial charge in [-0.1, -0.05) is 18.2 Å². The van der Waals surface area contributed by atoms with E-state index in [0.29, 0.717) is 11.3 Å². The fourth-order valence-electron chi connectivity index (χ4n) is 1.62. The molecule has 0 aromatic heterocycles. The molecule has 94 valence electrons. The number of rotatable bonds is 4. The van der Waals surface area contributed by atoms with Gasteiger partial charge in [0, 0.05) is 5.56 Å². The van der Waals surface area contributed by atoms with Crippen LogP contribution in [0.1, 0.15) is 17.3 Å². The highest BCUT2D eigenvalue weighted by atomic mass is 16.5. The minimum atomic E-state index is -0.624. The van der Waals surface area contributed by atoms with Crippen molar-refractivity contribution in [3.8, 4) is 17.6 Å². The fourth-order valence-corrected chi connectivity index (χ4v) is 1.62. The van der Waals surface area contributed by atoms with Crippen LogP contribution in [0, 0.1) is 17.2 Å². The first kappa shape index (κ1) is 12.8. The number of hydrogen-bond donors (Lipinski definition) is 0. The summed E-state index contributed by atoms with van der Waals surface area (Å²) >= 11 is 0. The molecular formula is C16H13NO2. The molecule has 0 amide bonds. The molecule has 2 rings (SSSR count). The van der Waals surface area contributed by atoms with Crippen molar-refractivity contribution in [2.75, 3.05) is 0 Å². The topological polar surface area (TPSA) is 50.1 Å². The largest absolute Gasteiger partial charge is 0.457 e. The summed E-state index contributed by atoms with van der Waals surface area (Å²) in [4.78, 5) is 11.8. The van der Waals surface area contributed by atoms with E-state index in [1.807, 2.05) is 36.4 Å². The number of nitriles is 1. The molecule has 2 aromatic rings. The zero-order valence-electron chi connectivity index (χ0n) is 10.5. The van der Waals surface area contributed by atoms with Gasteiger partial charge in [-0.2, -0.15) is 5.26 Å². The molecule has 0 N–H and O–H groups in total. The van der Waals surface area contributed by atoms with Crippen LogP contribution >= 0.6 is 0 Å². The number of Topliss-reactive ketones (excluding diaryl/α,β-unsaturated/α-hetero) is 1. The van der Waals surface area contributed by atoms with Crippen LogP contribution < -0.4 is 4.74 Å². The van der Waals surface area contributed by atoms with E-state index in [1.54, 1.807) is 31.2 Å². The van der Waals surface area contributed by atoms with Crippen molar-refractivity contribution < 1.29 is 9.53 Å². The summed E-state index contributed by atoms with van der Waals surface area (Å²) in [5, 5.41) is 8.72. The summed E-state index contributed by atoms with van der Waals surface area (Å²) in [6.07, 6.45) is 0. The van der Waals surface area contributed by atoms with E-state index < -0.39 is 5.92 Å². The van der Waals surface area contributed by atoms with Crippen LogP contribution in [0.3, 0.4) is 0 Å². The summed E-state index contributed by atoms with van der Waals surface area (Å²) in [6, 6.07) is 18.2. The first-order chi connectivity index (χ1) is 9.20. The highest BCUT2D eigenvalue weighted by Crippen LogP contribution is 2.21. The lowest BCUT2D eigenvalue weighted by Crippen LogP contribution is -2.08. The minimum absolute atomic E-state index is 0.172. The maximum absolute atomic E-state index is 11.8. The van der Waals surface area contributed by atoms with Gasteiger partial charge in [0.1, 0.15) is 17.4 Å². The Morgan fingerprint density at radius 2 is 1.63 bits per heavy atom. The predicted octanol–water partition coefficient (Wildman–Crippen LogP) is 3.82. The second-order valence-electron chi connectivity index (χ2n) is 4.15. The highest BCUT2D eigenvalue weighted by molar-refractivity contribution is 5.99. The molecule has 0 bridgehead atoms. The Balaban J connectivity index is 2.11. The second-order valence-corrected chi connectivity index (χ2v) is 4.15. The van der Waals surface area contributed by atoms with Crippen LogP contribution in [0.5, 0.6) is 11.5 Å². The molecular weight excluding hydrogens is 238 g/mol. The molecule has 0 aliphatic carbocycles. The van der Waals surface area contributed by atoms with E-state index >= 15 is 0 Å². The number of ether oxygens (including phenoxy) is 1. The van der Waals surface area contributed by atoms with E-state index in [-0.39, 0.29) is 5.78 Å². The second kappa shape index (κ2) is 5.83. The molecule has 0 aliphatic rings. The van der Waals surface area contributed by atoms with E-state index in [4.69, 9.17) is 10.00 Å². The zero-order valence-corrected chi connectivity index (χ0v) is 10.5. The van der Waals surface area contributed by atoms with Crippen molar-refractivity contribution in [2.45, 2.75) is 6.92 Å². The Morgan fingerprint density at radius 1 is 1.05 bits per heavy atom. The Hall–Kier alpha value is -2.60. The third-order valence-corrected chi connectivity index (χ3v) is 2.70. The van der Waals surface area contributed by atoms with Crippen molar-refractivity contribution >= 4 is 5.78 Å². The van der Waals surface area contributed by atoms with Gasteiger partial charge < -0.3 is 4.74 Å². The lowest BCUT2D eigenvalue weighted by molar-refractivity contribution is 0.0956. The summed E-state index contributed by atoms with van der Waals surface area (Å²) < 4.78 is 5.62. The number of ketones is 1. The normalized spacial score (nSPS) is 11.4. The van der Waals surface area contributed by atoms with Gasteiger partial charge in [-0.3, -0.25) is 4.79 Å². The lowest BCUT2D eigenvalue weighted by Gasteiger charge is -2.06. The maximum Gasteiger partial charge on any atom is 0.179 e. The van der Waals surface area contributed by atoms with Gasteiger partial charge in [0.2, 0.25) is 0 Å². The quantitative estimate of drug-likeness (QED) is 0.776. The lowest BCUT2D eigenvalue weighted by atomic mass is 10.0. The van der Waals surface area contributed by atoms with Crippen molar-refractivity contribution in [1.29, 1.82) is 5.26 Å². The third-order valence-electron chi connectivity index (χ3n) is 2.70. The number of benzene rings is 2. The van der Waals surface area contributed by atoms with Crippen molar-refractivity contribution in [2.24, 2.45) is 5.92 Å². The molecule has 0 heterocycles. The van der Waals surface area contributed by atoms with Gasteiger partial charge in [0.15, 0.2) is 5.78 Å². The van der Waals surface area contributed by atoms with Crippen LogP contribution in [0.15, 0.2) is 54.6 Å². The Kier molecular flexibility index (Phi) is 3.94.